The topological polar surface area (TPSA) is 58.2 Å². The van der Waals surface area contributed by atoms with Crippen LogP contribution in [0, 0.1) is 11.8 Å². The maximum atomic E-state index is 11.1. The van der Waals surface area contributed by atoms with Crippen molar-refractivity contribution in [3.63, 3.8) is 0 Å². The first kappa shape index (κ1) is 15.2. The van der Waals surface area contributed by atoms with Crippen LogP contribution in [0.3, 0.4) is 0 Å². The van der Waals surface area contributed by atoms with Crippen molar-refractivity contribution < 1.29 is 8.42 Å². The lowest BCUT2D eigenvalue weighted by atomic mass is 9.82. The van der Waals surface area contributed by atoms with Crippen molar-refractivity contribution in [2.75, 3.05) is 22.8 Å². The first-order chi connectivity index (χ1) is 9.42. The van der Waals surface area contributed by atoms with Crippen LogP contribution in [0.4, 0.5) is 11.4 Å². The van der Waals surface area contributed by atoms with Gasteiger partial charge in [-0.25, -0.2) is 8.42 Å². The van der Waals surface area contributed by atoms with E-state index in [0.717, 1.165) is 30.3 Å². The lowest BCUT2D eigenvalue weighted by molar-refractivity contribution is 0.293. The van der Waals surface area contributed by atoms with Crippen molar-refractivity contribution in [1.29, 1.82) is 0 Å². The molecule has 0 bridgehead atoms. The Hall–Kier alpha value is -1.23. The van der Waals surface area contributed by atoms with Gasteiger partial charge in [0, 0.05) is 17.9 Å². The number of nitrogens with one attached hydrogen (secondary N) is 2. The van der Waals surface area contributed by atoms with E-state index in [2.05, 4.69) is 17.0 Å². The van der Waals surface area contributed by atoms with Crippen LogP contribution in [0.15, 0.2) is 24.3 Å². The fourth-order valence-corrected chi connectivity index (χ4v) is 3.44. The van der Waals surface area contributed by atoms with Crippen LogP contribution < -0.4 is 10.0 Å². The second kappa shape index (κ2) is 6.48. The van der Waals surface area contributed by atoms with Crippen molar-refractivity contribution in [2.24, 2.45) is 11.8 Å². The molecule has 4 nitrogen and oxygen atoms in total. The van der Waals surface area contributed by atoms with Crippen molar-refractivity contribution in [3.05, 3.63) is 24.3 Å². The number of hydrogen-bond acceptors (Lipinski definition) is 3. The third-order valence-electron chi connectivity index (χ3n) is 3.83. The number of rotatable bonds is 5. The van der Waals surface area contributed by atoms with Gasteiger partial charge < -0.3 is 5.32 Å². The van der Waals surface area contributed by atoms with Gasteiger partial charge in [0.1, 0.15) is 0 Å². The zero-order chi connectivity index (χ0) is 14.6. The van der Waals surface area contributed by atoms with E-state index in [1.165, 1.54) is 25.7 Å². The van der Waals surface area contributed by atoms with Crippen LogP contribution in [0.1, 0.15) is 32.6 Å². The Labute approximate surface area is 122 Å². The summed E-state index contributed by atoms with van der Waals surface area (Å²) in [6, 6.07) is 7.40. The summed E-state index contributed by atoms with van der Waals surface area (Å²) < 4.78 is 24.7. The third-order valence-corrected chi connectivity index (χ3v) is 4.43. The van der Waals surface area contributed by atoms with E-state index in [1.54, 1.807) is 12.1 Å². The minimum Gasteiger partial charge on any atom is -0.385 e. The quantitative estimate of drug-likeness (QED) is 0.876. The summed E-state index contributed by atoms with van der Waals surface area (Å²) in [6.07, 6.45) is 6.47. The van der Waals surface area contributed by atoms with Crippen LogP contribution >= 0.6 is 0 Å². The first-order valence-corrected chi connectivity index (χ1v) is 9.13. The highest BCUT2D eigenvalue weighted by molar-refractivity contribution is 7.92. The molecule has 2 atom stereocenters. The van der Waals surface area contributed by atoms with Gasteiger partial charge in [-0.15, -0.1) is 0 Å². The molecule has 1 fully saturated rings. The van der Waals surface area contributed by atoms with E-state index in [1.807, 2.05) is 12.1 Å². The molecule has 20 heavy (non-hydrogen) atoms. The molecule has 0 aromatic heterocycles. The van der Waals surface area contributed by atoms with E-state index < -0.39 is 10.0 Å². The molecule has 112 valence electrons. The molecule has 0 heterocycles. The Balaban J connectivity index is 1.84. The number of sulfonamides is 1. The first-order valence-electron chi connectivity index (χ1n) is 7.24. The Morgan fingerprint density at radius 2 is 1.80 bits per heavy atom. The third kappa shape index (κ3) is 5.04. The highest BCUT2D eigenvalue weighted by Crippen LogP contribution is 2.28. The van der Waals surface area contributed by atoms with Crippen molar-refractivity contribution in [2.45, 2.75) is 32.6 Å². The highest BCUT2D eigenvalue weighted by atomic mass is 32.2. The largest absolute Gasteiger partial charge is 0.385 e. The van der Waals surface area contributed by atoms with Crippen LogP contribution in [-0.4, -0.2) is 21.2 Å². The standard InChI is InChI=1S/C15H24N2O2S/c1-12-4-3-5-13(10-12)11-16-14-6-8-15(9-7-14)17-20(2,18)19/h6-9,12-13,16-17H,3-5,10-11H2,1-2H3. The Kier molecular flexibility index (Phi) is 4.91. The fraction of sp³-hybridized carbons (Fsp3) is 0.600. The number of anilines is 2. The average Bonchev–Trinajstić information content (AvgIpc) is 2.36. The molecular weight excluding hydrogens is 272 g/mol. The summed E-state index contributed by atoms with van der Waals surface area (Å²) in [6.45, 7) is 3.33. The lowest BCUT2D eigenvalue weighted by Gasteiger charge is -2.27. The molecule has 0 aliphatic heterocycles. The SMILES string of the molecule is CC1CCCC(CNc2ccc(NS(C)(=O)=O)cc2)C1. The van der Waals surface area contributed by atoms with Gasteiger partial charge >= 0.3 is 0 Å². The molecular formula is C15H24N2O2S. The maximum absolute atomic E-state index is 11.1. The molecule has 0 amide bonds. The van der Waals surface area contributed by atoms with Crippen LogP contribution in [0.2, 0.25) is 0 Å². The summed E-state index contributed by atoms with van der Waals surface area (Å²) in [4.78, 5) is 0. The zero-order valence-corrected chi connectivity index (χ0v) is 13.0. The Bertz CT molecular complexity index is 525. The van der Waals surface area contributed by atoms with Crippen LogP contribution in [-0.2, 0) is 10.0 Å². The molecule has 1 aromatic carbocycles. The number of benzene rings is 1. The molecule has 5 heteroatoms. The number of hydrogen-bond donors (Lipinski definition) is 2. The fourth-order valence-electron chi connectivity index (χ4n) is 2.88. The molecule has 2 rings (SSSR count). The van der Waals surface area contributed by atoms with Crippen molar-refractivity contribution >= 4 is 21.4 Å². The van der Waals surface area contributed by atoms with Crippen molar-refractivity contribution in [3.8, 4) is 0 Å². The van der Waals surface area contributed by atoms with Gasteiger partial charge in [0.05, 0.1) is 6.26 Å². The molecule has 1 saturated carbocycles. The Morgan fingerprint density at radius 1 is 1.15 bits per heavy atom. The van der Waals surface area contributed by atoms with Crippen molar-refractivity contribution in [1.82, 2.24) is 0 Å². The predicted octanol–water partition coefficient (Wildman–Crippen LogP) is 3.30. The van der Waals surface area contributed by atoms with Crippen LogP contribution in [0.5, 0.6) is 0 Å². The normalized spacial score (nSPS) is 23.3. The Morgan fingerprint density at radius 3 is 2.40 bits per heavy atom. The van der Waals surface area contributed by atoms with E-state index in [-0.39, 0.29) is 0 Å². The second-order valence-electron chi connectivity index (χ2n) is 5.97. The summed E-state index contributed by atoms with van der Waals surface area (Å²) in [7, 11) is -3.20. The van der Waals surface area contributed by atoms with Crippen LogP contribution in [0.25, 0.3) is 0 Å². The molecule has 2 unspecified atom stereocenters. The molecule has 2 N–H and O–H groups in total. The highest BCUT2D eigenvalue weighted by Gasteiger charge is 2.18. The molecule has 1 aliphatic carbocycles. The molecule has 1 aliphatic rings. The zero-order valence-electron chi connectivity index (χ0n) is 12.2. The van der Waals surface area contributed by atoms with Gasteiger partial charge in [-0.3, -0.25) is 4.72 Å². The summed E-state index contributed by atoms with van der Waals surface area (Å²) >= 11 is 0. The second-order valence-corrected chi connectivity index (χ2v) is 7.72. The smallest absolute Gasteiger partial charge is 0.229 e. The van der Waals surface area contributed by atoms with Gasteiger partial charge in [-0.05, 0) is 48.9 Å². The maximum Gasteiger partial charge on any atom is 0.229 e. The summed E-state index contributed by atoms with van der Waals surface area (Å²) in [5.41, 5.74) is 1.65. The van der Waals surface area contributed by atoms with E-state index >= 15 is 0 Å². The van der Waals surface area contributed by atoms with E-state index in [4.69, 9.17) is 0 Å². The summed E-state index contributed by atoms with van der Waals surface area (Å²) in [5.74, 6) is 1.60. The minimum absolute atomic E-state index is 0.601. The van der Waals surface area contributed by atoms with Gasteiger partial charge in [0.2, 0.25) is 10.0 Å². The molecule has 1 aromatic rings. The lowest BCUT2D eigenvalue weighted by Crippen LogP contribution is -2.21. The van der Waals surface area contributed by atoms with Gasteiger partial charge in [0.25, 0.3) is 0 Å². The van der Waals surface area contributed by atoms with Gasteiger partial charge in [-0.1, -0.05) is 19.8 Å². The van der Waals surface area contributed by atoms with Gasteiger partial charge in [0.15, 0.2) is 0 Å². The molecule has 0 spiro atoms. The van der Waals surface area contributed by atoms with E-state index in [9.17, 15) is 8.42 Å². The average molecular weight is 296 g/mol. The van der Waals surface area contributed by atoms with E-state index in [0.29, 0.717) is 5.69 Å². The molecule has 0 radical (unpaired) electrons. The van der Waals surface area contributed by atoms with Gasteiger partial charge in [-0.2, -0.15) is 0 Å². The monoisotopic (exact) mass is 296 g/mol. The molecule has 0 saturated heterocycles. The summed E-state index contributed by atoms with van der Waals surface area (Å²) in [5, 5.41) is 3.45. The minimum atomic E-state index is -3.20. The predicted molar refractivity (Wildman–Crippen MR) is 84.5 cm³/mol.